The molecule has 0 bridgehead atoms. The molecule has 1 saturated carbocycles. The third-order valence-corrected chi connectivity index (χ3v) is 2.80. The molecule has 0 atom stereocenters. The SMILES string of the molecule is COC(=O)c1noc(C2CC2)c1C(C)(C)C. The first-order valence-electron chi connectivity index (χ1n) is 5.53. The number of aromatic nitrogens is 1. The summed E-state index contributed by atoms with van der Waals surface area (Å²) in [4.78, 5) is 11.6. The van der Waals surface area contributed by atoms with E-state index in [0.717, 1.165) is 24.2 Å². The van der Waals surface area contributed by atoms with Crippen molar-refractivity contribution in [3.8, 4) is 0 Å². The van der Waals surface area contributed by atoms with Gasteiger partial charge in [0, 0.05) is 11.5 Å². The highest BCUT2D eigenvalue weighted by atomic mass is 16.5. The molecule has 88 valence electrons. The first-order valence-corrected chi connectivity index (χ1v) is 5.53. The van der Waals surface area contributed by atoms with E-state index in [1.54, 1.807) is 0 Å². The monoisotopic (exact) mass is 223 g/mol. The van der Waals surface area contributed by atoms with E-state index < -0.39 is 5.97 Å². The van der Waals surface area contributed by atoms with Crippen LogP contribution in [-0.2, 0) is 10.2 Å². The van der Waals surface area contributed by atoms with E-state index in [2.05, 4.69) is 25.9 Å². The average molecular weight is 223 g/mol. The lowest BCUT2D eigenvalue weighted by Gasteiger charge is -2.18. The summed E-state index contributed by atoms with van der Waals surface area (Å²) in [5.41, 5.74) is 1.08. The first kappa shape index (κ1) is 11.2. The van der Waals surface area contributed by atoms with Crippen molar-refractivity contribution >= 4 is 5.97 Å². The maximum Gasteiger partial charge on any atom is 0.360 e. The number of rotatable bonds is 2. The van der Waals surface area contributed by atoms with E-state index in [-0.39, 0.29) is 5.41 Å². The molecule has 0 radical (unpaired) electrons. The fourth-order valence-electron chi connectivity index (χ4n) is 1.89. The zero-order valence-corrected chi connectivity index (χ0v) is 10.2. The number of hydrogen-bond donors (Lipinski definition) is 0. The zero-order valence-electron chi connectivity index (χ0n) is 10.2. The van der Waals surface area contributed by atoms with Gasteiger partial charge in [0.2, 0.25) is 0 Å². The summed E-state index contributed by atoms with van der Waals surface area (Å²) < 4.78 is 10.0. The number of methoxy groups -OCH3 is 1. The van der Waals surface area contributed by atoms with E-state index in [0.29, 0.717) is 11.6 Å². The topological polar surface area (TPSA) is 52.3 Å². The van der Waals surface area contributed by atoms with Gasteiger partial charge in [0.1, 0.15) is 5.76 Å². The Morgan fingerprint density at radius 1 is 1.44 bits per heavy atom. The van der Waals surface area contributed by atoms with E-state index >= 15 is 0 Å². The molecule has 0 saturated heterocycles. The highest BCUT2D eigenvalue weighted by Gasteiger charge is 2.38. The van der Waals surface area contributed by atoms with Gasteiger partial charge >= 0.3 is 5.97 Å². The highest BCUT2D eigenvalue weighted by molar-refractivity contribution is 5.89. The lowest BCUT2D eigenvalue weighted by Crippen LogP contribution is -2.18. The molecule has 2 rings (SSSR count). The maximum absolute atomic E-state index is 11.6. The van der Waals surface area contributed by atoms with Gasteiger partial charge in [-0.1, -0.05) is 25.9 Å². The number of ether oxygens (including phenoxy) is 1. The second-order valence-electron chi connectivity index (χ2n) is 5.29. The van der Waals surface area contributed by atoms with Crippen molar-refractivity contribution in [1.29, 1.82) is 0 Å². The lowest BCUT2D eigenvalue weighted by atomic mass is 9.84. The first-order chi connectivity index (χ1) is 7.45. The van der Waals surface area contributed by atoms with Crippen LogP contribution < -0.4 is 0 Å². The van der Waals surface area contributed by atoms with Crippen LogP contribution in [0.15, 0.2) is 4.52 Å². The van der Waals surface area contributed by atoms with Gasteiger partial charge in [0.15, 0.2) is 5.69 Å². The quantitative estimate of drug-likeness (QED) is 0.723. The van der Waals surface area contributed by atoms with Gasteiger partial charge in [-0.05, 0) is 18.3 Å². The standard InChI is InChI=1S/C12H17NO3/c1-12(2,3)8-9(11(14)15-4)13-16-10(8)7-5-6-7/h7H,5-6H2,1-4H3. The molecule has 0 aromatic carbocycles. The third kappa shape index (κ3) is 1.84. The molecule has 0 spiro atoms. The van der Waals surface area contributed by atoms with Crippen molar-refractivity contribution in [1.82, 2.24) is 5.16 Å². The van der Waals surface area contributed by atoms with Gasteiger partial charge in [-0.2, -0.15) is 0 Å². The molecule has 4 nitrogen and oxygen atoms in total. The van der Waals surface area contributed by atoms with Gasteiger partial charge in [-0.25, -0.2) is 4.79 Å². The van der Waals surface area contributed by atoms with Gasteiger partial charge in [-0.3, -0.25) is 0 Å². The molecule has 1 aromatic rings. The molecule has 0 N–H and O–H groups in total. The Kier molecular flexibility index (Phi) is 2.52. The molecule has 1 aliphatic rings. The van der Waals surface area contributed by atoms with Crippen molar-refractivity contribution in [2.24, 2.45) is 0 Å². The maximum atomic E-state index is 11.6. The van der Waals surface area contributed by atoms with Gasteiger partial charge < -0.3 is 9.26 Å². The summed E-state index contributed by atoms with van der Waals surface area (Å²) in [5.74, 6) is 0.897. The van der Waals surface area contributed by atoms with Crippen LogP contribution in [0.5, 0.6) is 0 Å². The zero-order chi connectivity index (χ0) is 11.9. The van der Waals surface area contributed by atoms with Crippen LogP contribution in [0.4, 0.5) is 0 Å². The van der Waals surface area contributed by atoms with Crippen LogP contribution in [0.25, 0.3) is 0 Å². The highest BCUT2D eigenvalue weighted by Crippen LogP contribution is 2.45. The van der Waals surface area contributed by atoms with E-state index in [9.17, 15) is 4.79 Å². The Bertz CT molecular complexity index is 410. The van der Waals surface area contributed by atoms with Gasteiger partial charge in [0.05, 0.1) is 7.11 Å². The Morgan fingerprint density at radius 3 is 2.50 bits per heavy atom. The lowest BCUT2D eigenvalue weighted by molar-refractivity contribution is 0.0586. The summed E-state index contributed by atoms with van der Waals surface area (Å²) in [5, 5.41) is 3.87. The smallest absolute Gasteiger partial charge is 0.360 e. The molecule has 0 unspecified atom stereocenters. The number of carbonyl (C=O) groups is 1. The molecule has 0 aliphatic heterocycles. The second kappa shape index (κ2) is 3.61. The molecule has 4 heteroatoms. The minimum absolute atomic E-state index is 0.151. The summed E-state index contributed by atoms with van der Waals surface area (Å²) in [6, 6.07) is 0. The van der Waals surface area contributed by atoms with E-state index in [4.69, 9.17) is 9.26 Å². The summed E-state index contributed by atoms with van der Waals surface area (Å²) in [7, 11) is 1.36. The Balaban J connectivity index is 2.49. The van der Waals surface area contributed by atoms with Crippen molar-refractivity contribution in [2.45, 2.75) is 44.9 Å². The number of esters is 1. The van der Waals surface area contributed by atoms with Crippen LogP contribution in [0.1, 0.15) is 61.3 Å². The van der Waals surface area contributed by atoms with Gasteiger partial charge in [-0.15, -0.1) is 0 Å². The van der Waals surface area contributed by atoms with Crippen LogP contribution in [0.3, 0.4) is 0 Å². The molecule has 1 heterocycles. The predicted octanol–water partition coefficient (Wildman–Crippen LogP) is 2.64. The summed E-state index contributed by atoms with van der Waals surface area (Å²) in [6.45, 7) is 6.16. The molecule has 1 aromatic heterocycles. The molecule has 16 heavy (non-hydrogen) atoms. The van der Waals surface area contributed by atoms with E-state index in [1.807, 2.05) is 0 Å². The fourth-order valence-corrected chi connectivity index (χ4v) is 1.89. The van der Waals surface area contributed by atoms with Crippen molar-refractivity contribution in [3.63, 3.8) is 0 Å². The van der Waals surface area contributed by atoms with Crippen LogP contribution in [-0.4, -0.2) is 18.2 Å². The second-order valence-corrected chi connectivity index (χ2v) is 5.29. The van der Waals surface area contributed by atoms with Crippen LogP contribution in [0, 0.1) is 0 Å². The van der Waals surface area contributed by atoms with Gasteiger partial charge in [0.25, 0.3) is 0 Å². The molecular formula is C12H17NO3. The third-order valence-electron chi connectivity index (χ3n) is 2.80. The number of carbonyl (C=O) groups excluding carboxylic acids is 1. The van der Waals surface area contributed by atoms with Crippen molar-refractivity contribution < 1.29 is 14.1 Å². The fraction of sp³-hybridized carbons (Fsp3) is 0.667. The van der Waals surface area contributed by atoms with Crippen LogP contribution in [0.2, 0.25) is 0 Å². The Hall–Kier alpha value is -1.32. The largest absolute Gasteiger partial charge is 0.464 e. The molecule has 1 fully saturated rings. The molecule has 0 amide bonds. The van der Waals surface area contributed by atoms with Crippen LogP contribution >= 0.6 is 0 Å². The molecule has 1 aliphatic carbocycles. The molecular weight excluding hydrogens is 206 g/mol. The minimum Gasteiger partial charge on any atom is -0.464 e. The summed E-state index contributed by atoms with van der Waals surface area (Å²) >= 11 is 0. The number of hydrogen-bond acceptors (Lipinski definition) is 4. The Morgan fingerprint density at radius 2 is 2.06 bits per heavy atom. The average Bonchev–Trinajstić information content (AvgIpc) is 2.94. The number of nitrogens with zero attached hydrogens (tertiary/aromatic N) is 1. The van der Waals surface area contributed by atoms with Crippen molar-refractivity contribution in [3.05, 3.63) is 17.0 Å². The minimum atomic E-state index is -0.416. The van der Waals surface area contributed by atoms with Crippen molar-refractivity contribution in [2.75, 3.05) is 7.11 Å². The Labute approximate surface area is 95.0 Å². The summed E-state index contributed by atoms with van der Waals surface area (Å²) in [6.07, 6.45) is 2.25. The predicted molar refractivity (Wildman–Crippen MR) is 58.5 cm³/mol. The normalized spacial score (nSPS) is 16.2. The van der Waals surface area contributed by atoms with E-state index in [1.165, 1.54) is 7.11 Å².